The minimum absolute atomic E-state index is 0.233. The molecule has 3 heterocycles. The van der Waals surface area contributed by atoms with Gasteiger partial charge in [0.15, 0.2) is 0 Å². The number of hydrogen-bond acceptors (Lipinski definition) is 5. The van der Waals surface area contributed by atoms with E-state index in [1.807, 2.05) is 18.2 Å². The summed E-state index contributed by atoms with van der Waals surface area (Å²) in [6.45, 7) is 1.94. The summed E-state index contributed by atoms with van der Waals surface area (Å²) in [6.07, 6.45) is 5.24. The summed E-state index contributed by atoms with van der Waals surface area (Å²) in [7, 11) is 8.38. The standard InChI is InChI=1S/C28H27B2FN4O2/c1-27(2,37)22-9-8-17(20(13-33-3)24(22)32)16-11-19(15-6-7-15)21-14-35-26(36)18-5-4-10-34-25(18)28(35,29)30(31)23(21)12-16/h4-5,8-13,15,37H,6-7,14,32H2,1-3H3. The van der Waals surface area contributed by atoms with Crippen LogP contribution in [0.15, 0.2) is 47.6 Å². The van der Waals surface area contributed by atoms with Crippen LogP contribution in [0.5, 0.6) is 0 Å². The molecule has 1 unspecified atom stereocenters. The zero-order valence-corrected chi connectivity index (χ0v) is 21.1. The van der Waals surface area contributed by atoms with Crippen LogP contribution in [0.3, 0.4) is 0 Å². The van der Waals surface area contributed by atoms with Crippen molar-refractivity contribution in [1.29, 1.82) is 0 Å². The Labute approximate surface area is 217 Å². The van der Waals surface area contributed by atoms with Gasteiger partial charge in [0, 0.05) is 42.8 Å². The first kappa shape index (κ1) is 23.9. The number of nitrogen functional groups attached to an aromatic ring is 1. The SMILES string of the molecule is [B]C12B(F)c3cc(-c4ccc(C(C)(C)O)c(N)c4C=NC)cc(C4CC4)c3CN1C(=O)c1cccnc12. The Morgan fingerprint density at radius 2 is 2.05 bits per heavy atom. The molecule has 184 valence electrons. The van der Waals surface area contributed by atoms with E-state index in [1.54, 1.807) is 45.4 Å². The van der Waals surface area contributed by atoms with E-state index in [2.05, 4.69) is 16.0 Å². The lowest BCUT2D eigenvalue weighted by molar-refractivity contribution is 0.0716. The van der Waals surface area contributed by atoms with Gasteiger partial charge in [-0.3, -0.25) is 14.8 Å². The van der Waals surface area contributed by atoms with Gasteiger partial charge in [0.1, 0.15) is 7.85 Å². The number of hydrogen-bond donors (Lipinski definition) is 2. The minimum Gasteiger partial charge on any atom is -0.398 e. The maximum Gasteiger partial charge on any atom is 0.403 e. The van der Waals surface area contributed by atoms with Gasteiger partial charge < -0.3 is 20.1 Å². The number of nitrogens with two attached hydrogens (primary N) is 1. The van der Waals surface area contributed by atoms with Gasteiger partial charge in [0.05, 0.1) is 22.2 Å². The monoisotopic (exact) mass is 492 g/mol. The topological polar surface area (TPSA) is 91.8 Å². The highest BCUT2D eigenvalue weighted by Crippen LogP contribution is 2.48. The molecule has 1 atom stereocenters. The first-order valence-electron chi connectivity index (χ1n) is 12.5. The predicted octanol–water partition coefficient (Wildman–Crippen LogP) is 3.18. The minimum atomic E-state index is -1.67. The van der Waals surface area contributed by atoms with Gasteiger partial charge >= 0.3 is 6.99 Å². The van der Waals surface area contributed by atoms with Crippen molar-refractivity contribution in [2.24, 2.45) is 4.99 Å². The van der Waals surface area contributed by atoms with Crippen molar-refractivity contribution in [2.45, 2.75) is 50.1 Å². The van der Waals surface area contributed by atoms with E-state index in [0.717, 1.165) is 35.1 Å². The van der Waals surface area contributed by atoms with E-state index in [1.165, 1.54) is 4.90 Å². The van der Waals surface area contributed by atoms with E-state index in [0.29, 0.717) is 33.8 Å². The van der Waals surface area contributed by atoms with Crippen molar-refractivity contribution < 1.29 is 14.2 Å². The van der Waals surface area contributed by atoms with E-state index in [-0.39, 0.29) is 18.1 Å². The molecule has 2 radical (unpaired) electrons. The lowest BCUT2D eigenvalue weighted by atomic mass is 9.37. The molecule has 1 fully saturated rings. The average molecular weight is 492 g/mol. The summed E-state index contributed by atoms with van der Waals surface area (Å²) >= 11 is 0. The predicted molar refractivity (Wildman–Crippen MR) is 145 cm³/mol. The lowest BCUT2D eigenvalue weighted by Crippen LogP contribution is -2.63. The second kappa shape index (κ2) is 8.02. The molecule has 37 heavy (non-hydrogen) atoms. The Balaban J connectivity index is 1.57. The first-order chi connectivity index (χ1) is 17.6. The van der Waals surface area contributed by atoms with Crippen molar-refractivity contribution in [1.82, 2.24) is 9.88 Å². The molecule has 2 aromatic carbocycles. The number of nitrogens with zero attached hydrogens (tertiary/aromatic N) is 3. The van der Waals surface area contributed by atoms with Gasteiger partial charge in [-0.25, -0.2) is 0 Å². The number of aromatic nitrogens is 1. The summed E-state index contributed by atoms with van der Waals surface area (Å²) in [6, 6.07) is 11.0. The average Bonchev–Trinajstić information content (AvgIpc) is 3.68. The maximum atomic E-state index is 16.6. The molecule has 2 aliphatic heterocycles. The normalized spacial score (nSPS) is 20.8. The molecule has 0 saturated heterocycles. The number of aliphatic hydroxyl groups is 1. The maximum absolute atomic E-state index is 16.6. The number of rotatable bonds is 4. The molecule has 6 nitrogen and oxygen atoms in total. The van der Waals surface area contributed by atoms with E-state index >= 15 is 4.32 Å². The molecule has 3 aliphatic rings. The smallest absolute Gasteiger partial charge is 0.398 e. The van der Waals surface area contributed by atoms with E-state index < -0.39 is 17.9 Å². The summed E-state index contributed by atoms with van der Waals surface area (Å²) < 4.78 is 16.6. The largest absolute Gasteiger partial charge is 0.403 e. The van der Waals surface area contributed by atoms with Crippen molar-refractivity contribution in [3.63, 3.8) is 0 Å². The molecule has 3 aromatic rings. The molecule has 1 amide bonds. The van der Waals surface area contributed by atoms with Gasteiger partial charge in [-0.2, -0.15) is 0 Å². The number of fused-ring (bicyclic) bond motifs is 4. The first-order valence-corrected chi connectivity index (χ1v) is 12.5. The van der Waals surface area contributed by atoms with Crippen LogP contribution in [0.4, 0.5) is 10.0 Å². The van der Waals surface area contributed by atoms with Crippen molar-refractivity contribution in [3.05, 3.63) is 76.1 Å². The number of benzene rings is 2. The summed E-state index contributed by atoms with van der Waals surface area (Å²) in [5.41, 5.74) is 11.7. The van der Waals surface area contributed by atoms with Crippen LogP contribution < -0.4 is 11.2 Å². The molecule has 0 spiro atoms. The molecule has 6 rings (SSSR count). The molecule has 9 heteroatoms. The van der Waals surface area contributed by atoms with Gasteiger partial charge in [-0.05, 0) is 72.5 Å². The molecule has 1 aliphatic carbocycles. The summed E-state index contributed by atoms with van der Waals surface area (Å²) in [5, 5.41) is 8.96. The van der Waals surface area contributed by atoms with Gasteiger partial charge in [0.2, 0.25) is 0 Å². The van der Waals surface area contributed by atoms with Crippen molar-refractivity contribution in [3.8, 4) is 11.1 Å². The fourth-order valence-electron chi connectivity index (χ4n) is 5.92. The van der Waals surface area contributed by atoms with E-state index in [4.69, 9.17) is 13.6 Å². The number of carbonyl (C=O) groups excluding carboxylic acids is 1. The van der Waals surface area contributed by atoms with Crippen LogP contribution in [0.2, 0.25) is 0 Å². The quantitative estimate of drug-likeness (QED) is 0.333. The van der Waals surface area contributed by atoms with E-state index in [9.17, 15) is 9.90 Å². The number of aliphatic imine (C=N–C) groups is 1. The van der Waals surface area contributed by atoms with Gasteiger partial charge in [-0.15, -0.1) is 0 Å². The van der Waals surface area contributed by atoms with Crippen LogP contribution in [0.1, 0.15) is 70.9 Å². The second-order valence-corrected chi connectivity index (χ2v) is 10.8. The molecular weight excluding hydrogens is 465 g/mol. The van der Waals surface area contributed by atoms with Crippen LogP contribution >= 0.6 is 0 Å². The molecule has 1 saturated carbocycles. The molecule has 3 N–H and O–H groups in total. The highest BCUT2D eigenvalue weighted by Gasteiger charge is 2.58. The summed E-state index contributed by atoms with van der Waals surface area (Å²) in [5.74, 6) is 0.0156. The Bertz CT molecular complexity index is 1500. The highest BCUT2D eigenvalue weighted by molar-refractivity contribution is 6.77. The third-order valence-electron chi connectivity index (χ3n) is 7.94. The number of halogens is 1. The number of amides is 1. The Kier molecular flexibility index (Phi) is 5.19. The molecular formula is C28H27B2FN4O2. The number of carbonyl (C=O) groups is 1. The third-order valence-corrected chi connectivity index (χ3v) is 7.94. The molecule has 1 aromatic heterocycles. The zero-order chi connectivity index (χ0) is 26.3. The van der Waals surface area contributed by atoms with Crippen LogP contribution in [0, 0.1) is 0 Å². The Morgan fingerprint density at radius 3 is 2.73 bits per heavy atom. The highest BCUT2D eigenvalue weighted by atomic mass is 19.1. The Hall–Kier alpha value is -3.45. The van der Waals surface area contributed by atoms with Crippen LogP contribution in [0.25, 0.3) is 11.1 Å². The third kappa shape index (κ3) is 3.40. The van der Waals surface area contributed by atoms with Crippen molar-refractivity contribution in [2.75, 3.05) is 12.8 Å². The van der Waals surface area contributed by atoms with Crippen LogP contribution in [-0.4, -0.2) is 49.0 Å². The van der Waals surface area contributed by atoms with Crippen molar-refractivity contribution >= 4 is 38.1 Å². The lowest BCUT2D eigenvalue weighted by Gasteiger charge is -2.42. The second-order valence-electron chi connectivity index (χ2n) is 10.8. The molecule has 0 bridgehead atoms. The fraction of sp³-hybridized carbons (Fsp3) is 0.321. The Morgan fingerprint density at radius 1 is 1.30 bits per heavy atom. The van der Waals surface area contributed by atoms with Gasteiger partial charge in [0.25, 0.3) is 5.91 Å². The number of anilines is 1. The van der Waals surface area contributed by atoms with Crippen LogP contribution in [-0.2, 0) is 17.5 Å². The zero-order valence-electron chi connectivity index (χ0n) is 21.1. The fourth-order valence-corrected chi connectivity index (χ4v) is 5.92. The number of pyridine rings is 1. The van der Waals surface area contributed by atoms with Gasteiger partial charge in [-0.1, -0.05) is 24.3 Å². The summed E-state index contributed by atoms with van der Waals surface area (Å²) in [4.78, 5) is 23.2.